The molecule has 5 nitrogen and oxygen atoms in total. The quantitative estimate of drug-likeness (QED) is 0.616. The second-order valence-corrected chi connectivity index (χ2v) is 3.59. The van der Waals surface area contributed by atoms with Crippen molar-refractivity contribution in [2.45, 2.75) is 6.42 Å². The van der Waals surface area contributed by atoms with Gasteiger partial charge in [-0.1, -0.05) is 0 Å². The van der Waals surface area contributed by atoms with E-state index in [0.717, 1.165) is 0 Å². The van der Waals surface area contributed by atoms with Crippen LogP contribution in [0.4, 0.5) is 5.69 Å². The number of aromatic amines is 1. The maximum atomic E-state index is 11.9. The van der Waals surface area contributed by atoms with E-state index in [1.165, 1.54) is 7.11 Å². The largest absolute Gasteiger partial charge is 0.495 e. The normalized spacial score (nSPS) is 10.2. The zero-order chi connectivity index (χ0) is 12.3. The van der Waals surface area contributed by atoms with Gasteiger partial charge in [0.25, 0.3) is 0 Å². The van der Waals surface area contributed by atoms with Crippen LogP contribution in [-0.2, 0) is 6.42 Å². The zero-order valence-electron chi connectivity index (χ0n) is 9.43. The highest BCUT2D eigenvalue weighted by molar-refractivity contribution is 5.98. The molecule has 1 aromatic carbocycles. The van der Waals surface area contributed by atoms with Crippen molar-refractivity contribution in [3.63, 3.8) is 0 Å². The molecule has 1 aromatic heterocycles. The number of carbonyl (C=O) groups excluding carboxylic acids is 1. The van der Waals surface area contributed by atoms with Gasteiger partial charge in [0.2, 0.25) is 0 Å². The van der Waals surface area contributed by atoms with Crippen LogP contribution in [-0.4, -0.2) is 22.9 Å². The molecule has 0 bridgehead atoms. The molecule has 1 heterocycles. The minimum Gasteiger partial charge on any atom is -0.495 e. The number of Topliss-reactive ketones (excluding diaryl/α,β-unsaturated/α-hetero) is 1. The third-order valence-electron chi connectivity index (χ3n) is 2.44. The molecule has 0 spiro atoms. The molecule has 3 N–H and O–H groups in total. The van der Waals surface area contributed by atoms with E-state index in [-0.39, 0.29) is 12.2 Å². The van der Waals surface area contributed by atoms with Gasteiger partial charge in [0, 0.05) is 18.0 Å². The van der Waals surface area contributed by atoms with Gasteiger partial charge in [-0.15, -0.1) is 0 Å². The standard InChI is InChI=1S/C12H13N3O2/c1-17-11-6-8(2-3-9(11)13)10(16)7-12-14-4-5-15-12/h2-6H,7,13H2,1H3,(H,14,15). The monoisotopic (exact) mass is 231 g/mol. The summed E-state index contributed by atoms with van der Waals surface area (Å²) in [6.45, 7) is 0. The number of rotatable bonds is 4. The lowest BCUT2D eigenvalue weighted by Crippen LogP contribution is -2.06. The van der Waals surface area contributed by atoms with Crippen molar-refractivity contribution in [3.8, 4) is 5.75 Å². The van der Waals surface area contributed by atoms with Crippen LogP contribution in [0.15, 0.2) is 30.6 Å². The van der Waals surface area contributed by atoms with Crippen LogP contribution >= 0.6 is 0 Å². The number of methoxy groups -OCH3 is 1. The zero-order valence-corrected chi connectivity index (χ0v) is 9.43. The van der Waals surface area contributed by atoms with Gasteiger partial charge in [-0.3, -0.25) is 4.79 Å². The van der Waals surface area contributed by atoms with Gasteiger partial charge in [-0.25, -0.2) is 4.98 Å². The lowest BCUT2D eigenvalue weighted by Gasteiger charge is -2.06. The van der Waals surface area contributed by atoms with E-state index in [2.05, 4.69) is 9.97 Å². The number of hydrogen-bond donors (Lipinski definition) is 2. The Hall–Kier alpha value is -2.30. The summed E-state index contributed by atoms with van der Waals surface area (Å²) in [5.41, 5.74) is 6.76. The Labute approximate surface area is 98.6 Å². The molecule has 0 aliphatic carbocycles. The fourth-order valence-corrected chi connectivity index (χ4v) is 1.53. The summed E-state index contributed by atoms with van der Waals surface area (Å²) in [4.78, 5) is 18.8. The molecule has 17 heavy (non-hydrogen) atoms. The highest BCUT2D eigenvalue weighted by atomic mass is 16.5. The molecule has 5 heteroatoms. The predicted octanol–water partition coefficient (Wildman–Crippen LogP) is 1.43. The molecule has 0 saturated heterocycles. The van der Waals surface area contributed by atoms with Crippen molar-refractivity contribution >= 4 is 11.5 Å². The van der Waals surface area contributed by atoms with Crippen molar-refractivity contribution in [2.75, 3.05) is 12.8 Å². The number of ether oxygens (including phenoxy) is 1. The maximum absolute atomic E-state index is 11.9. The van der Waals surface area contributed by atoms with Gasteiger partial charge in [0.05, 0.1) is 19.2 Å². The van der Waals surface area contributed by atoms with Crippen molar-refractivity contribution in [1.82, 2.24) is 9.97 Å². The van der Waals surface area contributed by atoms with Gasteiger partial charge < -0.3 is 15.5 Å². The average Bonchev–Trinajstić information content (AvgIpc) is 2.82. The minimum atomic E-state index is -0.0294. The number of nitrogen functional groups attached to an aromatic ring is 1. The molecule has 0 aliphatic rings. The summed E-state index contributed by atoms with van der Waals surface area (Å²) in [5.74, 6) is 1.12. The average molecular weight is 231 g/mol. The number of H-pyrrole nitrogens is 1. The minimum absolute atomic E-state index is 0.0294. The second kappa shape index (κ2) is 4.69. The topological polar surface area (TPSA) is 81.0 Å². The first-order valence-electron chi connectivity index (χ1n) is 5.15. The Morgan fingerprint density at radius 3 is 3.00 bits per heavy atom. The molecular formula is C12H13N3O2. The highest BCUT2D eigenvalue weighted by Gasteiger charge is 2.10. The molecule has 2 rings (SSSR count). The number of carbonyl (C=O) groups is 1. The number of nitrogens with zero attached hydrogens (tertiary/aromatic N) is 1. The molecule has 0 radical (unpaired) electrons. The van der Waals surface area contributed by atoms with E-state index in [1.54, 1.807) is 30.6 Å². The summed E-state index contributed by atoms with van der Waals surface area (Å²) in [5, 5.41) is 0. The van der Waals surface area contributed by atoms with E-state index < -0.39 is 0 Å². The second-order valence-electron chi connectivity index (χ2n) is 3.59. The Bertz CT molecular complexity index is 521. The lowest BCUT2D eigenvalue weighted by molar-refractivity contribution is 0.0990. The molecule has 88 valence electrons. The number of imidazole rings is 1. The smallest absolute Gasteiger partial charge is 0.170 e. The molecule has 2 aromatic rings. The van der Waals surface area contributed by atoms with E-state index in [9.17, 15) is 4.79 Å². The van der Waals surface area contributed by atoms with Crippen LogP contribution in [0.25, 0.3) is 0 Å². The first kappa shape index (κ1) is 11.2. The SMILES string of the molecule is COc1cc(C(=O)Cc2ncc[nH]2)ccc1N. The number of ketones is 1. The van der Waals surface area contributed by atoms with E-state index in [4.69, 9.17) is 10.5 Å². The first-order valence-corrected chi connectivity index (χ1v) is 5.15. The Morgan fingerprint density at radius 2 is 2.35 bits per heavy atom. The van der Waals surface area contributed by atoms with Crippen LogP contribution in [0.2, 0.25) is 0 Å². The van der Waals surface area contributed by atoms with Gasteiger partial charge >= 0.3 is 0 Å². The molecule has 0 unspecified atom stereocenters. The predicted molar refractivity (Wildman–Crippen MR) is 64.0 cm³/mol. The number of nitrogens with one attached hydrogen (secondary N) is 1. The van der Waals surface area contributed by atoms with Gasteiger partial charge in [-0.05, 0) is 18.2 Å². The van der Waals surface area contributed by atoms with Crippen LogP contribution < -0.4 is 10.5 Å². The third-order valence-corrected chi connectivity index (χ3v) is 2.44. The molecule has 0 atom stereocenters. The van der Waals surface area contributed by atoms with Crippen LogP contribution in [0.1, 0.15) is 16.2 Å². The fraction of sp³-hybridized carbons (Fsp3) is 0.167. The van der Waals surface area contributed by atoms with E-state index >= 15 is 0 Å². The molecule has 0 amide bonds. The van der Waals surface area contributed by atoms with Gasteiger partial charge in [-0.2, -0.15) is 0 Å². The molecular weight excluding hydrogens is 218 g/mol. The van der Waals surface area contributed by atoms with Crippen molar-refractivity contribution in [3.05, 3.63) is 42.0 Å². The third kappa shape index (κ3) is 2.44. The molecule has 0 aliphatic heterocycles. The fourth-order valence-electron chi connectivity index (χ4n) is 1.53. The Balaban J connectivity index is 2.19. The highest BCUT2D eigenvalue weighted by Crippen LogP contribution is 2.22. The maximum Gasteiger partial charge on any atom is 0.170 e. The summed E-state index contributed by atoms with van der Waals surface area (Å²) in [6, 6.07) is 4.98. The van der Waals surface area contributed by atoms with Crippen LogP contribution in [0.5, 0.6) is 5.75 Å². The number of hydrogen-bond acceptors (Lipinski definition) is 4. The number of aromatic nitrogens is 2. The lowest BCUT2D eigenvalue weighted by atomic mass is 10.1. The number of anilines is 1. The summed E-state index contributed by atoms with van der Waals surface area (Å²) in [6.07, 6.45) is 3.54. The summed E-state index contributed by atoms with van der Waals surface area (Å²) in [7, 11) is 1.52. The first-order chi connectivity index (χ1) is 8.20. The summed E-state index contributed by atoms with van der Waals surface area (Å²) < 4.78 is 5.07. The number of nitrogens with two attached hydrogens (primary N) is 1. The number of benzene rings is 1. The molecule has 0 fully saturated rings. The summed E-state index contributed by atoms with van der Waals surface area (Å²) >= 11 is 0. The Morgan fingerprint density at radius 1 is 1.53 bits per heavy atom. The van der Waals surface area contributed by atoms with Crippen LogP contribution in [0.3, 0.4) is 0 Å². The Kier molecular flexibility index (Phi) is 3.09. The van der Waals surface area contributed by atoms with E-state index in [0.29, 0.717) is 22.8 Å². The van der Waals surface area contributed by atoms with Gasteiger partial charge in [0.1, 0.15) is 11.6 Å². The van der Waals surface area contributed by atoms with Crippen molar-refractivity contribution in [1.29, 1.82) is 0 Å². The molecule has 0 saturated carbocycles. The van der Waals surface area contributed by atoms with Crippen molar-refractivity contribution < 1.29 is 9.53 Å². The van der Waals surface area contributed by atoms with Crippen LogP contribution in [0, 0.1) is 0 Å². The van der Waals surface area contributed by atoms with Gasteiger partial charge in [0.15, 0.2) is 5.78 Å². The van der Waals surface area contributed by atoms with E-state index in [1.807, 2.05) is 0 Å². The van der Waals surface area contributed by atoms with Crippen molar-refractivity contribution in [2.24, 2.45) is 0 Å².